The molecule has 22 nitrogen and oxygen atoms in total. The monoisotopic (exact) mass is 922 g/mol. The van der Waals surface area contributed by atoms with Crippen LogP contribution >= 0.6 is 11.8 Å². The molecule has 0 saturated carbocycles. The molecule has 15 N–H and O–H groups in total. The van der Waals surface area contributed by atoms with Crippen LogP contribution in [0.5, 0.6) is 0 Å². The third-order valence-electron chi connectivity index (χ3n) is 9.68. The molecule has 65 heavy (non-hydrogen) atoms. The van der Waals surface area contributed by atoms with Crippen LogP contribution in [0.3, 0.4) is 0 Å². The Morgan fingerprint density at radius 3 is 1.65 bits per heavy atom. The van der Waals surface area contributed by atoms with Crippen molar-refractivity contribution >= 4 is 65.1 Å². The first-order valence-electron chi connectivity index (χ1n) is 20.6. The van der Waals surface area contributed by atoms with E-state index in [1.54, 1.807) is 60.7 Å². The van der Waals surface area contributed by atoms with E-state index in [1.807, 2.05) is 6.26 Å². The van der Waals surface area contributed by atoms with Gasteiger partial charge in [-0.1, -0.05) is 60.7 Å². The van der Waals surface area contributed by atoms with E-state index in [2.05, 4.69) is 46.9 Å². The summed E-state index contributed by atoms with van der Waals surface area (Å²) in [4.78, 5) is 116. The van der Waals surface area contributed by atoms with E-state index >= 15 is 0 Å². The molecule has 0 aliphatic carbocycles. The average molecular weight is 923 g/mol. The minimum Gasteiger partial charge on any atom is -0.481 e. The first-order valence-corrected chi connectivity index (χ1v) is 22.0. The molecule has 0 radical (unpaired) electrons. The summed E-state index contributed by atoms with van der Waals surface area (Å²) in [6.45, 7) is -0.656. The summed E-state index contributed by atoms with van der Waals surface area (Å²) in [5, 5.41) is 34.0. The van der Waals surface area contributed by atoms with E-state index in [-0.39, 0.29) is 57.5 Å². The number of amides is 6. The molecule has 0 fully saturated rings. The second kappa shape index (κ2) is 27.9. The number of aromatic nitrogens is 2. The number of hydrogen-bond acceptors (Lipinski definition) is 12. The number of rotatable bonds is 29. The number of nitrogens with zero attached hydrogens (tertiary/aromatic N) is 2. The van der Waals surface area contributed by atoms with Crippen molar-refractivity contribution < 1.29 is 48.6 Å². The highest BCUT2D eigenvalue weighted by Crippen LogP contribution is 2.11. The smallest absolute Gasteiger partial charge is 0.322 e. The Balaban J connectivity index is 1.95. The van der Waals surface area contributed by atoms with Gasteiger partial charge in [-0.2, -0.15) is 11.8 Å². The summed E-state index contributed by atoms with van der Waals surface area (Å²) >= 11 is 1.46. The average Bonchev–Trinajstić information content (AvgIpc) is 3.80. The van der Waals surface area contributed by atoms with Gasteiger partial charge in [0.25, 0.3) is 0 Å². The van der Waals surface area contributed by atoms with Crippen molar-refractivity contribution in [1.29, 1.82) is 0 Å². The Kier molecular flexibility index (Phi) is 22.5. The molecule has 0 spiro atoms. The molecule has 1 aromatic heterocycles. The van der Waals surface area contributed by atoms with E-state index in [0.29, 0.717) is 22.6 Å². The van der Waals surface area contributed by atoms with Gasteiger partial charge in [-0.05, 0) is 48.8 Å². The molecule has 3 rings (SSSR count). The van der Waals surface area contributed by atoms with E-state index in [4.69, 9.17) is 17.2 Å². The lowest BCUT2D eigenvalue weighted by Crippen LogP contribution is -2.60. The molecular weight excluding hydrogens is 865 g/mol. The van der Waals surface area contributed by atoms with Crippen molar-refractivity contribution in [3.63, 3.8) is 0 Å². The third kappa shape index (κ3) is 19.9. The number of imidazole rings is 1. The highest BCUT2D eigenvalue weighted by Gasteiger charge is 2.34. The zero-order valence-corrected chi connectivity index (χ0v) is 36.7. The van der Waals surface area contributed by atoms with Gasteiger partial charge in [0.05, 0.1) is 12.4 Å². The first kappa shape index (κ1) is 52.3. The summed E-state index contributed by atoms with van der Waals surface area (Å²) in [6.07, 6.45) is 3.82. The van der Waals surface area contributed by atoms with Crippen LogP contribution in [0.25, 0.3) is 0 Å². The van der Waals surface area contributed by atoms with Crippen LogP contribution in [0.2, 0.25) is 0 Å². The SMILES string of the molecule is CSCC[C@H](N)C(=O)N[C@@H](CCC(=O)O)C(=O)N[C@@H](Cc1cnc[nH]1)C(=O)N[C@@H](Cc1ccccc1)C(=O)N[C@@H](CCCN=C(N)N)C(=O)N[C@@H](Cc1ccccc1)C(=O)NCC(=O)O. The van der Waals surface area contributed by atoms with Crippen molar-refractivity contribution in [2.45, 2.75) is 87.6 Å². The highest BCUT2D eigenvalue weighted by molar-refractivity contribution is 7.98. The quantitative estimate of drug-likeness (QED) is 0.0205. The number of benzene rings is 2. The summed E-state index contributed by atoms with van der Waals surface area (Å²) in [5.41, 5.74) is 18.6. The van der Waals surface area contributed by atoms with Crippen molar-refractivity contribution in [2.75, 3.05) is 25.1 Å². The fraction of sp³-hybridized carbons (Fsp3) is 0.429. The lowest BCUT2D eigenvalue weighted by atomic mass is 10.0. The number of nitrogens with one attached hydrogen (secondary N) is 7. The molecule has 0 aliphatic rings. The van der Waals surface area contributed by atoms with Crippen molar-refractivity contribution in [3.8, 4) is 0 Å². The van der Waals surface area contributed by atoms with Crippen LogP contribution in [0.1, 0.15) is 48.9 Å². The molecule has 0 bridgehead atoms. The van der Waals surface area contributed by atoms with Gasteiger partial charge in [0.2, 0.25) is 35.4 Å². The number of guanidine groups is 1. The number of H-pyrrole nitrogens is 1. The predicted molar refractivity (Wildman–Crippen MR) is 241 cm³/mol. The molecule has 1 heterocycles. The number of thioether (sulfide) groups is 1. The molecule has 6 atom stereocenters. The largest absolute Gasteiger partial charge is 0.481 e. The maximum absolute atomic E-state index is 14.4. The second-order valence-electron chi connectivity index (χ2n) is 14.8. The maximum Gasteiger partial charge on any atom is 0.322 e. The van der Waals surface area contributed by atoms with Crippen LogP contribution in [0.4, 0.5) is 0 Å². The van der Waals surface area contributed by atoms with Gasteiger partial charge < -0.3 is 64.3 Å². The number of aromatic amines is 1. The van der Waals surface area contributed by atoms with Gasteiger partial charge in [0.15, 0.2) is 5.96 Å². The highest BCUT2D eigenvalue weighted by atomic mass is 32.2. The number of carboxylic acid groups (broad SMARTS) is 2. The fourth-order valence-corrected chi connectivity index (χ4v) is 6.77. The van der Waals surface area contributed by atoms with Crippen LogP contribution in [0, 0.1) is 0 Å². The molecule has 0 saturated heterocycles. The number of aliphatic carboxylic acids is 2. The van der Waals surface area contributed by atoms with Crippen molar-refractivity contribution in [1.82, 2.24) is 41.9 Å². The predicted octanol–water partition coefficient (Wildman–Crippen LogP) is -1.94. The lowest BCUT2D eigenvalue weighted by Gasteiger charge is -2.27. The third-order valence-corrected chi connectivity index (χ3v) is 10.3. The molecule has 0 unspecified atom stereocenters. The fourth-order valence-electron chi connectivity index (χ4n) is 6.28. The number of aliphatic imine (C=N–C) groups is 1. The number of carboxylic acids is 2. The zero-order chi connectivity index (χ0) is 47.7. The van der Waals surface area contributed by atoms with Crippen LogP contribution < -0.4 is 49.1 Å². The Bertz CT molecular complexity index is 2060. The number of carbonyl (C=O) groups excluding carboxylic acids is 6. The summed E-state index contributed by atoms with van der Waals surface area (Å²) in [7, 11) is 0. The maximum atomic E-state index is 14.4. The van der Waals surface area contributed by atoms with Crippen molar-refractivity contribution in [2.24, 2.45) is 22.2 Å². The molecule has 3 aromatic rings. The Morgan fingerprint density at radius 1 is 0.662 bits per heavy atom. The zero-order valence-electron chi connectivity index (χ0n) is 35.9. The Labute approximate surface area is 379 Å². The molecule has 6 amide bonds. The van der Waals surface area contributed by atoms with Gasteiger partial charge >= 0.3 is 11.9 Å². The minimum absolute atomic E-state index is 0.0332. The van der Waals surface area contributed by atoms with Gasteiger partial charge in [0, 0.05) is 44.1 Å². The Morgan fingerprint density at radius 2 is 1.15 bits per heavy atom. The molecule has 0 aliphatic heterocycles. The number of hydrogen-bond donors (Lipinski definition) is 12. The standard InChI is InChI=1S/C42H58N12O10S/c1-65-18-16-28(43)36(59)50-30(14-15-34(55)56)39(62)54-33(21-27-22-46-24-49-27)41(64)53-32(20-26-11-6-3-7-12-26)40(63)51-29(13-8-17-47-42(44)45)38(61)52-31(37(60)48-23-35(57)58)19-25-9-4-2-5-10-25/h2-7,9-12,22,24,28-33H,8,13-21,23,43H2,1H3,(H,46,49)(H,48,60)(H,50,59)(H,51,63)(H,52,61)(H,53,64)(H,54,62)(H,55,56)(H,57,58)(H4,44,45,47)/t28-,29-,30-,31-,32-,33-/m0/s1. The van der Waals surface area contributed by atoms with Crippen LogP contribution in [0.15, 0.2) is 78.2 Å². The van der Waals surface area contributed by atoms with Gasteiger partial charge in [-0.25, -0.2) is 4.98 Å². The normalized spacial score (nSPS) is 13.6. The van der Waals surface area contributed by atoms with Crippen LogP contribution in [-0.4, -0.2) is 135 Å². The van der Waals surface area contributed by atoms with E-state index < -0.39 is 96.6 Å². The molecule has 2 aromatic carbocycles. The second-order valence-corrected chi connectivity index (χ2v) is 15.8. The summed E-state index contributed by atoms with van der Waals surface area (Å²) in [6, 6.07) is 9.39. The Hall–Kier alpha value is -7.01. The molecule has 23 heteroatoms. The number of nitrogens with two attached hydrogens (primary N) is 3. The summed E-state index contributed by atoms with van der Waals surface area (Å²) in [5.74, 6) is -7.09. The summed E-state index contributed by atoms with van der Waals surface area (Å²) < 4.78 is 0. The topological polar surface area (TPSA) is 368 Å². The van der Waals surface area contributed by atoms with Crippen LogP contribution in [-0.2, 0) is 57.6 Å². The van der Waals surface area contributed by atoms with Gasteiger partial charge in [-0.15, -0.1) is 0 Å². The molecular formula is C42H58N12O10S. The number of carbonyl (C=O) groups is 8. The van der Waals surface area contributed by atoms with Gasteiger partial charge in [-0.3, -0.25) is 43.3 Å². The van der Waals surface area contributed by atoms with Gasteiger partial charge in [0.1, 0.15) is 36.8 Å². The van der Waals surface area contributed by atoms with E-state index in [1.165, 1.54) is 24.3 Å². The molecule has 352 valence electrons. The van der Waals surface area contributed by atoms with E-state index in [9.17, 15) is 48.6 Å². The van der Waals surface area contributed by atoms with E-state index in [0.717, 1.165) is 0 Å². The van der Waals surface area contributed by atoms with Crippen molar-refractivity contribution in [3.05, 3.63) is 90.0 Å². The first-order chi connectivity index (χ1) is 31.1. The minimum atomic E-state index is -1.43. The lowest BCUT2D eigenvalue weighted by molar-refractivity contribution is -0.139.